The van der Waals surface area contributed by atoms with E-state index >= 15 is 0 Å². The molecule has 0 spiro atoms. The number of carbonyl (C=O) groups is 1. The summed E-state index contributed by atoms with van der Waals surface area (Å²) in [7, 11) is -1.29. The van der Waals surface area contributed by atoms with Crippen LogP contribution in [0.5, 0.6) is 0 Å². The summed E-state index contributed by atoms with van der Waals surface area (Å²) >= 11 is 12.9. The van der Waals surface area contributed by atoms with Gasteiger partial charge >= 0.3 is 0 Å². The lowest BCUT2D eigenvalue weighted by Crippen LogP contribution is -2.36. The largest absolute Gasteiger partial charge is 0.364 e. The second-order valence-corrected chi connectivity index (χ2v) is 9.66. The van der Waals surface area contributed by atoms with Crippen molar-refractivity contribution in [1.82, 2.24) is 9.97 Å². The summed E-state index contributed by atoms with van der Waals surface area (Å²) in [5.41, 5.74) is 3.70. The molecule has 1 aliphatic heterocycles. The highest BCUT2D eigenvalue weighted by Crippen LogP contribution is 2.31. The molecule has 172 valence electrons. The van der Waals surface area contributed by atoms with Gasteiger partial charge in [0, 0.05) is 29.0 Å². The second kappa shape index (κ2) is 9.68. The number of aromatic nitrogens is 2. The van der Waals surface area contributed by atoms with Crippen molar-refractivity contribution in [3.8, 4) is 11.3 Å². The van der Waals surface area contributed by atoms with Gasteiger partial charge in [-0.1, -0.05) is 23.2 Å². The molecule has 0 aliphatic carbocycles. The van der Waals surface area contributed by atoms with E-state index in [-0.39, 0.29) is 16.9 Å². The normalized spacial score (nSPS) is 15.9. The number of halogens is 2. The molecule has 1 unspecified atom stereocenters. The molecule has 7 nitrogen and oxygen atoms in total. The molecule has 4 aromatic rings. The fraction of sp³-hybridized carbons (Fsp3) is 0.125. The van der Waals surface area contributed by atoms with Crippen LogP contribution in [0.1, 0.15) is 10.4 Å². The van der Waals surface area contributed by atoms with Crippen LogP contribution in [0.4, 0.5) is 11.4 Å². The van der Waals surface area contributed by atoms with Crippen LogP contribution >= 0.6 is 23.2 Å². The Hall–Kier alpha value is -3.04. The Morgan fingerprint density at radius 3 is 2.76 bits per heavy atom. The molecule has 0 saturated carbocycles. The standard InChI is InChI=1S/C24H18Cl2N4O3S/c25-20-5-2-16(11-19(20)23-6-1-15-13-27-8-7-22(15)29-23)28-24(31)18-4-3-17(12-21(18)26)30-9-10-33-14-34(30)32/h1-8,11-13H,9-10,14H2,(H,28,31). The predicted octanol–water partition coefficient (Wildman–Crippen LogP) is 5.31. The van der Waals surface area contributed by atoms with Crippen molar-refractivity contribution in [3.05, 3.63) is 82.6 Å². The number of pyridine rings is 2. The molecule has 1 N–H and O–H groups in total. The zero-order chi connectivity index (χ0) is 23.7. The Morgan fingerprint density at radius 1 is 1.06 bits per heavy atom. The molecule has 0 bridgehead atoms. The minimum Gasteiger partial charge on any atom is -0.364 e. The topological polar surface area (TPSA) is 84.4 Å². The minimum absolute atomic E-state index is 0.141. The summed E-state index contributed by atoms with van der Waals surface area (Å²) in [5, 5.41) is 4.57. The predicted molar refractivity (Wildman–Crippen MR) is 136 cm³/mol. The van der Waals surface area contributed by atoms with Crippen LogP contribution < -0.4 is 9.62 Å². The van der Waals surface area contributed by atoms with Crippen molar-refractivity contribution < 1.29 is 13.7 Å². The Labute approximate surface area is 208 Å². The number of hydrogen-bond acceptors (Lipinski definition) is 5. The van der Waals surface area contributed by atoms with Gasteiger partial charge in [0.15, 0.2) is 0 Å². The molecule has 10 heteroatoms. The molecule has 2 aromatic heterocycles. The maximum atomic E-state index is 12.9. The van der Waals surface area contributed by atoms with Crippen molar-refractivity contribution in [2.24, 2.45) is 0 Å². The molecule has 3 heterocycles. The van der Waals surface area contributed by atoms with Crippen LogP contribution in [0.2, 0.25) is 10.0 Å². The van der Waals surface area contributed by atoms with Gasteiger partial charge in [-0.15, -0.1) is 0 Å². The van der Waals surface area contributed by atoms with Gasteiger partial charge in [-0.25, -0.2) is 9.19 Å². The SMILES string of the molecule is O=C(Nc1ccc(Cl)c(-c2ccc3cnccc3n2)c1)c1ccc(N2CCOCS2=O)cc1Cl. The number of amides is 1. The first-order chi connectivity index (χ1) is 16.5. The highest BCUT2D eigenvalue weighted by atomic mass is 35.5. The van der Waals surface area contributed by atoms with E-state index < -0.39 is 11.0 Å². The maximum absolute atomic E-state index is 12.9. The number of benzene rings is 2. The van der Waals surface area contributed by atoms with Gasteiger partial charge < -0.3 is 10.1 Å². The molecule has 1 atom stereocenters. The van der Waals surface area contributed by atoms with Gasteiger partial charge in [0.25, 0.3) is 5.91 Å². The van der Waals surface area contributed by atoms with E-state index in [1.165, 1.54) is 0 Å². The fourth-order valence-electron chi connectivity index (χ4n) is 3.65. The highest BCUT2D eigenvalue weighted by Gasteiger charge is 2.21. The summed E-state index contributed by atoms with van der Waals surface area (Å²) in [4.78, 5) is 21.7. The molecule has 0 radical (unpaired) electrons. The molecule has 1 amide bonds. The zero-order valence-corrected chi connectivity index (χ0v) is 20.0. The Morgan fingerprint density at radius 2 is 1.94 bits per heavy atom. The van der Waals surface area contributed by atoms with Crippen LogP contribution in [-0.4, -0.2) is 39.2 Å². The van der Waals surface area contributed by atoms with E-state index in [1.807, 2.05) is 18.2 Å². The smallest absolute Gasteiger partial charge is 0.257 e. The molecule has 34 heavy (non-hydrogen) atoms. The Kier molecular flexibility index (Phi) is 6.47. The van der Waals surface area contributed by atoms with E-state index in [4.69, 9.17) is 27.9 Å². The van der Waals surface area contributed by atoms with Crippen molar-refractivity contribution in [2.75, 3.05) is 28.7 Å². The molecular formula is C24H18Cl2N4O3S. The summed E-state index contributed by atoms with van der Waals surface area (Å²) in [6.07, 6.45) is 3.43. The first-order valence-corrected chi connectivity index (χ1v) is 12.4. The molecule has 2 aromatic carbocycles. The Balaban J connectivity index is 1.39. The van der Waals surface area contributed by atoms with Gasteiger partial charge in [0.2, 0.25) is 0 Å². The number of ether oxygens (including phenoxy) is 1. The quantitative estimate of drug-likeness (QED) is 0.400. The third-order valence-electron chi connectivity index (χ3n) is 5.34. The number of nitrogens with zero attached hydrogens (tertiary/aromatic N) is 3. The summed E-state index contributed by atoms with van der Waals surface area (Å²) in [5.74, 6) is -0.229. The van der Waals surface area contributed by atoms with E-state index in [1.54, 1.807) is 53.1 Å². The number of rotatable bonds is 4. The van der Waals surface area contributed by atoms with Crippen molar-refractivity contribution in [3.63, 3.8) is 0 Å². The molecular weight excluding hydrogens is 495 g/mol. The molecule has 1 aliphatic rings. The number of carbonyl (C=O) groups excluding carboxylic acids is 1. The van der Waals surface area contributed by atoms with Gasteiger partial charge in [-0.3, -0.25) is 14.1 Å². The number of nitrogens with one attached hydrogen (secondary N) is 1. The van der Waals surface area contributed by atoms with Crippen LogP contribution in [0.15, 0.2) is 67.0 Å². The third kappa shape index (κ3) is 4.63. The van der Waals surface area contributed by atoms with Crippen LogP contribution in [0.25, 0.3) is 22.2 Å². The average Bonchev–Trinajstić information content (AvgIpc) is 2.85. The first-order valence-electron chi connectivity index (χ1n) is 10.3. The number of hydrogen-bond donors (Lipinski definition) is 1. The van der Waals surface area contributed by atoms with Gasteiger partial charge in [0.05, 0.1) is 45.7 Å². The first kappa shape index (κ1) is 22.7. The van der Waals surface area contributed by atoms with Crippen LogP contribution in [0, 0.1) is 0 Å². The van der Waals surface area contributed by atoms with Gasteiger partial charge in [-0.2, -0.15) is 0 Å². The van der Waals surface area contributed by atoms with Crippen molar-refractivity contribution >= 4 is 62.4 Å². The van der Waals surface area contributed by atoms with Crippen LogP contribution in [0.3, 0.4) is 0 Å². The van der Waals surface area contributed by atoms with E-state index in [2.05, 4.69) is 15.3 Å². The minimum atomic E-state index is -1.29. The number of anilines is 2. The lowest BCUT2D eigenvalue weighted by molar-refractivity contribution is 0.102. The highest BCUT2D eigenvalue weighted by molar-refractivity contribution is 7.86. The lowest BCUT2D eigenvalue weighted by atomic mass is 10.1. The maximum Gasteiger partial charge on any atom is 0.257 e. The second-order valence-electron chi connectivity index (χ2n) is 7.53. The van der Waals surface area contributed by atoms with E-state index in [0.29, 0.717) is 46.4 Å². The van der Waals surface area contributed by atoms with E-state index in [9.17, 15) is 9.00 Å². The average molecular weight is 513 g/mol. The van der Waals surface area contributed by atoms with Gasteiger partial charge in [0.1, 0.15) is 16.9 Å². The monoisotopic (exact) mass is 512 g/mol. The Bertz CT molecular complexity index is 1430. The summed E-state index contributed by atoms with van der Waals surface area (Å²) < 4.78 is 19.1. The third-order valence-corrected chi connectivity index (χ3v) is 7.24. The zero-order valence-electron chi connectivity index (χ0n) is 17.7. The fourth-order valence-corrected chi connectivity index (χ4v) is 5.14. The van der Waals surface area contributed by atoms with E-state index in [0.717, 1.165) is 10.9 Å². The van der Waals surface area contributed by atoms with Crippen molar-refractivity contribution in [1.29, 1.82) is 0 Å². The summed E-state index contributed by atoms with van der Waals surface area (Å²) in [6, 6.07) is 15.8. The molecule has 1 fully saturated rings. The van der Waals surface area contributed by atoms with Gasteiger partial charge in [-0.05, 0) is 54.6 Å². The molecule has 5 rings (SSSR count). The lowest BCUT2D eigenvalue weighted by Gasteiger charge is -2.27. The van der Waals surface area contributed by atoms with Crippen molar-refractivity contribution in [2.45, 2.75) is 0 Å². The van der Waals surface area contributed by atoms with Crippen LogP contribution in [-0.2, 0) is 15.7 Å². The summed E-state index contributed by atoms with van der Waals surface area (Å²) in [6.45, 7) is 0.967. The number of fused-ring (bicyclic) bond motifs is 1. The molecule has 1 saturated heterocycles.